The van der Waals surface area contributed by atoms with Crippen LogP contribution in [0.15, 0.2) is 186 Å². The van der Waals surface area contributed by atoms with Gasteiger partial charge in [0.05, 0.1) is 15.9 Å². The third-order valence-electron chi connectivity index (χ3n) is 11.1. The minimum Gasteiger partial charge on any atom is -0.455 e. The van der Waals surface area contributed by atoms with Gasteiger partial charge in [0.15, 0.2) is 17.5 Å². The summed E-state index contributed by atoms with van der Waals surface area (Å²) < 4.78 is 8.85. The molecule has 0 saturated heterocycles. The van der Waals surface area contributed by atoms with Gasteiger partial charge >= 0.3 is 0 Å². The van der Waals surface area contributed by atoms with E-state index in [2.05, 4.69) is 133 Å². The second-order valence-electron chi connectivity index (χ2n) is 14.6. The quantitative estimate of drug-likeness (QED) is 0.164. The number of pyridine rings is 1. The first-order valence-corrected chi connectivity index (χ1v) is 20.1. The average Bonchev–Trinajstić information content (AvgIpc) is 3.88. The van der Waals surface area contributed by atoms with Crippen molar-refractivity contribution in [3.05, 3.63) is 182 Å². The van der Waals surface area contributed by atoms with Crippen LogP contribution in [0.3, 0.4) is 0 Å². The monoisotopic (exact) mass is 758 g/mol. The Morgan fingerprint density at radius 2 is 1.02 bits per heavy atom. The molecule has 0 amide bonds. The third-order valence-corrected chi connectivity index (χ3v) is 12.3. The van der Waals surface area contributed by atoms with Gasteiger partial charge in [0, 0.05) is 64.8 Å². The normalized spacial score (nSPS) is 11.8. The Morgan fingerprint density at radius 3 is 1.86 bits per heavy atom. The molecule has 270 valence electrons. The number of furan rings is 1. The third kappa shape index (κ3) is 5.23. The molecule has 0 aliphatic heterocycles. The first kappa shape index (κ1) is 32.7. The highest BCUT2D eigenvalue weighted by Gasteiger charge is 2.19. The standard InChI is InChI=1S/C52H30N4OS/c1-2-13-33(14-3-1)50-54-51(56-52(55-50)36-16-10-15-35(30-36)38-20-11-21-40-39-18-6-8-22-43(39)57-48(38)40)34-26-24-32(25-27-34)46-49-45(41-19-7-9-23-44(41)58-49)42-29-28-31-12-4-5-17-37(31)47(42)53-46/h1-30H. The van der Waals surface area contributed by atoms with Crippen LogP contribution in [0.4, 0.5) is 0 Å². The van der Waals surface area contributed by atoms with Crippen molar-refractivity contribution >= 4 is 75.1 Å². The molecule has 0 fully saturated rings. The summed E-state index contributed by atoms with van der Waals surface area (Å²) in [5.74, 6) is 1.82. The highest BCUT2D eigenvalue weighted by molar-refractivity contribution is 7.26. The molecule has 0 saturated carbocycles. The Bertz CT molecular complexity index is 3570. The van der Waals surface area contributed by atoms with Gasteiger partial charge in [-0.25, -0.2) is 19.9 Å². The van der Waals surface area contributed by atoms with E-state index in [0.29, 0.717) is 17.5 Å². The van der Waals surface area contributed by atoms with Crippen LogP contribution in [0.1, 0.15) is 0 Å². The van der Waals surface area contributed by atoms with Crippen molar-refractivity contribution in [1.29, 1.82) is 0 Å². The minimum absolute atomic E-state index is 0.599. The fourth-order valence-electron chi connectivity index (χ4n) is 8.34. The summed E-state index contributed by atoms with van der Waals surface area (Å²) in [4.78, 5) is 20.7. The largest absolute Gasteiger partial charge is 0.455 e. The number of thiophene rings is 1. The molecule has 0 aliphatic rings. The van der Waals surface area contributed by atoms with E-state index in [4.69, 9.17) is 24.4 Å². The van der Waals surface area contributed by atoms with Gasteiger partial charge in [0.2, 0.25) is 0 Å². The summed E-state index contributed by atoms with van der Waals surface area (Å²) in [5.41, 5.74) is 9.53. The fourth-order valence-corrected chi connectivity index (χ4v) is 9.57. The Labute approximate surface area is 336 Å². The van der Waals surface area contributed by atoms with Gasteiger partial charge in [0.25, 0.3) is 0 Å². The molecule has 58 heavy (non-hydrogen) atoms. The van der Waals surface area contributed by atoms with Crippen LogP contribution in [0.2, 0.25) is 0 Å². The van der Waals surface area contributed by atoms with Crippen molar-refractivity contribution < 1.29 is 4.42 Å². The number of hydrogen-bond acceptors (Lipinski definition) is 6. The molecule has 4 heterocycles. The van der Waals surface area contributed by atoms with Crippen LogP contribution in [-0.4, -0.2) is 19.9 Å². The second-order valence-corrected chi connectivity index (χ2v) is 15.6. The molecular weight excluding hydrogens is 729 g/mol. The number of nitrogens with zero attached hydrogens (tertiary/aromatic N) is 4. The predicted octanol–water partition coefficient (Wildman–Crippen LogP) is 14.2. The van der Waals surface area contributed by atoms with Crippen LogP contribution >= 0.6 is 11.3 Å². The maximum absolute atomic E-state index is 6.41. The summed E-state index contributed by atoms with van der Waals surface area (Å²) >= 11 is 1.80. The molecule has 0 atom stereocenters. The predicted molar refractivity (Wildman–Crippen MR) is 240 cm³/mol. The van der Waals surface area contributed by atoms with Crippen LogP contribution < -0.4 is 0 Å². The summed E-state index contributed by atoms with van der Waals surface area (Å²) in [6, 6.07) is 63.1. The lowest BCUT2D eigenvalue weighted by molar-refractivity contribution is 0.670. The first-order valence-electron chi connectivity index (χ1n) is 19.3. The number of para-hydroxylation sites is 2. The Kier molecular flexibility index (Phi) is 7.33. The van der Waals surface area contributed by atoms with Gasteiger partial charge < -0.3 is 4.42 Å². The number of rotatable bonds is 5. The molecule has 12 rings (SSSR count). The maximum Gasteiger partial charge on any atom is 0.164 e. The number of fused-ring (bicyclic) bond motifs is 10. The molecule has 0 aliphatic carbocycles. The molecule has 0 N–H and O–H groups in total. The highest BCUT2D eigenvalue weighted by Crippen LogP contribution is 2.44. The van der Waals surface area contributed by atoms with Gasteiger partial charge in [-0.2, -0.15) is 0 Å². The molecule has 8 aromatic carbocycles. The Morgan fingerprint density at radius 1 is 0.397 bits per heavy atom. The van der Waals surface area contributed by atoms with Crippen molar-refractivity contribution in [1.82, 2.24) is 19.9 Å². The lowest BCUT2D eigenvalue weighted by Crippen LogP contribution is -2.00. The van der Waals surface area contributed by atoms with E-state index >= 15 is 0 Å². The van der Waals surface area contributed by atoms with Crippen molar-refractivity contribution in [2.75, 3.05) is 0 Å². The molecule has 0 radical (unpaired) electrons. The smallest absolute Gasteiger partial charge is 0.164 e. The molecule has 12 aromatic rings. The van der Waals surface area contributed by atoms with Crippen molar-refractivity contribution in [3.63, 3.8) is 0 Å². The Hall–Kier alpha value is -7.54. The molecule has 5 nitrogen and oxygen atoms in total. The molecule has 4 aromatic heterocycles. The summed E-state index contributed by atoms with van der Waals surface area (Å²) in [6.07, 6.45) is 0. The van der Waals surface area contributed by atoms with E-state index in [1.807, 2.05) is 48.5 Å². The average molecular weight is 759 g/mol. The second kappa shape index (κ2) is 13.0. The minimum atomic E-state index is 0.599. The molecule has 0 bridgehead atoms. The maximum atomic E-state index is 6.41. The van der Waals surface area contributed by atoms with Gasteiger partial charge in [-0.05, 0) is 29.1 Å². The van der Waals surface area contributed by atoms with Crippen molar-refractivity contribution in [3.8, 4) is 56.5 Å². The van der Waals surface area contributed by atoms with Crippen molar-refractivity contribution in [2.24, 2.45) is 0 Å². The zero-order chi connectivity index (χ0) is 38.2. The summed E-state index contributed by atoms with van der Waals surface area (Å²) in [5, 5.41) is 8.22. The van der Waals surface area contributed by atoms with E-state index in [9.17, 15) is 0 Å². The number of hydrogen-bond donors (Lipinski definition) is 0. The highest BCUT2D eigenvalue weighted by atomic mass is 32.1. The lowest BCUT2D eigenvalue weighted by atomic mass is 9.99. The zero-order valence-electron chi connectivity index (χ0n) is 30.9. The number of benzene rings is 8. The molecule has 0 spiro atoms. The van der Waals surface area contributed by atoms with Crippen LogP contribution in [0.5, 0.6) is 0 Å². The SMILES string of the molecule is c1ccc(-c2nc(-c3ccc(-c4nc5c6ccccc6ccc5c5c4sc4ccccc45)cc3)nc(-c3cccc(-c4cccc5c4oc4ccccc45)c3)n2)cc1. The topological polar surface area (TPSA) is 64.7 Å². The fraction of sp³-hybridized carbons (Fsp3) is 0. The van der Waals surface area contributed by atoms with E-state index in [1.54, 1.807) is 11.3 Å². The molecular formula is C52H30N4OS. The van der Waals surface area contributed by atoms with Crippen molar-refractivity contribution in [2.45, 2.75) is 0 Å². The van der Waals surface area contributed by atoms with Crippen LogP contribution in [-0.2, 0) is 0 Å². The molecule has 0 unspecified atom stereocenters. The summed E-state index contributed by atoms with van der Waals surface area (Å²) in [7, 11) is 0. The van der Waals surface area contributed by atoms with Crippen LogP contribution in [0.25, 0.3) is 120 Å². The van der Waals surface area contributed by atoms with E-state index in [0.717, 1.165) is 71.9 Å². The molecule has 6 heteroatoms. The first-order chi connectivity index (χ1) is 28.7. The van der Waals surface area contributed by atoms with Crippen LogP contribution in [0, 0.1) is 0 Å². The number of aromatic nitrogens is 4. The van der Waals surface area contributed by atoms with E-state index in [1.165, 1.54) is 30.9 Å². The lowest BCUT2D eigenvalue weighted by Gasteiger charge is -2.11. The van der Waals surface area contributed by atoms with E-state index in [-0.39, 0.29) is 0 Å². The summed E-state index contributed by atoms with van der Waals surface area (Å²) in [6.45, 7) is 0. The van der Waals surface area contributed by atoms with E-state index < -0.39 is 0 Å². The van der Waals surface area contributed by atoms with Gasteiger partial charge in [-0.15, -0.1) is 11.3 Å². The zero-order valence-corrected chi connectivity index (χ0v) is 31.7. The Balaban J connectivity index is 0.998. The van der Waals surface area contributed by atoms with Gasteiger partial charge in [0.1, 0.15) is 11.2 Å². The van der Waals surface area contributed by atoms with Gasteiger partial charge in [-0.3, -0.25) is 0 Å². The van der Waals surface area contributed by atoms with Gasteiger partial charge in [-0.1, -0.05) is 164 Å².